The van der Waals surface area contributed by atoms with Gasteiger partial charge in [0.15, 0.2) is 0 Å². The molecule has 0 fully saturated rings. The lowest BCUT2D eigenvalue weighted by molar-refractivity contribution is -0.115. The number of fused-ring (bicyclic) bond motifs is 1. The molecule has 0 amide bonds. The normalized spacial score (nSPS) is 19.9. The second kappa shape index (κ2) is 4.05. The summed E-state index contributed by atoms with van der Waals surface area (Å²) >= 11 is 0. The number of hydrogen-bond acceptors (Lipinski definition) is 2. The van der Waals surface area contributed by atoms with Crippen molar-refractivity contribution < 1.29 is 4.79 Å². The van der Waals surface area contributed by atoms with Crippen molar-refractivity contribution in [3.05, 3.63) is 29.8 Å². The Balaban J connectivity index is 2.29. The van der Waals surface area contributed by atoms with Gasteiger partial charge in [-0.1, -0.05) is 25.1 Å². The molecule has 0 saturated heterocycles. The van der Waals surface area contributed by atoms with Crippen molar-refractivity contribution in [1.82, 2.24) is 0 Å². The molecule has 0 spiro atoms. The molecule has 15 heavy (non-hydrogen) atoms. The third kappa shape index (κ3) is 2.20. The molecule has 0 N–H and O–H groups in total. The van der Waals surface area contributed by atoms with E-state index in [0.29, 0.717) is 12.5 Å². The summed E-state index contributed by atoms with van der Waals surface area (Å²) in [7, 11) is 0. The predicted octanol–water partition coefficient (Wildman–Crippen LogP) is 2.27. The monoisotopic (exact) mass is 203 g/mol. The van der Waals surface area contributed by atoms with Gasteiger partial charge in [0.05, 0.1) is 6.54 Å². The average molecular weight is 203 g/mol. The van der Waals surface area contributed by atoms with Crippen LogP contribution in [0, 0.1) is 5.92 Å². The van der Waals surface area contributed by atoms with Gasteiger partial charge in [0.25, 0.3) is 0 Å². The van der Waals surface area contributed by atoms with E-state index in [1.54, 1.807) is 6.92 Å². The van der Waals surface area contributed by atoms with E-state index in [2.05, 4.69) is 30.0 Å². The van der Waals surface area contributed by atoms with Crippen LogP contribution >= 0.6 is 0 Å². The molecule has 0 bridgehead atoms. The summed E-state index contributed by atoms with van der Waals surface area (Å²) in [6.07, 6.45) is 1.13. The lowest BCUT2D eigenvalue weighted by Crippen LogP contribution is -2.37. The lowest BCUT2D eigenvalue weighted by Gasteiger charge is -2.34. The molecule has 0 saturated carbocycles. The Morgan fingerprint density at radius 2 is 2.20 bits per heavy atom. The second-order valence-electron chi connectivity index (χ2n) is 4.52. The van der Waals surface area contributed by atoms with Crippen LogP contribution in [0.3, 0.4) is 0 Å². The van der Waals surface area contributed by atoms with Crippen LogP contribution in [-0.4, -0.2) is 18.9 Å². The van der Waals surface area contributed by atoms with Crippen LogP contribution < -0.4 is 4.90 Å². The van der Waals surface area contributed by atoms with Gasteiger partial charge < -0.3 is 4.90 Å². The van der Waals surface area contributed by atoms with Gasteiger partial charge in [-0.15, -0.1) is 0 Å². The fraction of sp³-hybridized carbons (Fsp3) is 0.462. The number of nitrogens with zero attached hydrogens (tertiary/aromatic N) is 1. The molecule has 80 valence electrons. The molecular formula is C13H17NO. The Morgan fingerprint density at radius 1 is 1.47 bits per heavy atom. The van der Waals surface area contributed by atoms with E-state index in [0.717, 1.165) is 13.0 Å². The zero-order valence-corrected chi connectivity index (χ0v) is 9.36. The summed E-state index contributed by atoms with van der Waals surface area (Å²) < 4.78 is 0. The topological polar surface area (TPSA) is 20.3 Å². The van der Waals surface area contributed by atoms with Gasteiger partial charge in [0, 0.05) is 12.2 Å². The number of ketones is 1. The molecule has 2 rings (SSSR count). The Morgan fingerprint density at radius 3 is 2.93 bits per heavy atom. The van der Waals surface area contributed by atoms with Crippen molar-refractivity contribution >= 4 is 11.5 Å². The Kier molecular flexibility index (Phi) is 2.76. The number of Topliss-reactive ketones (excluding diaryl/α,β-unsaturated/α-hetero) is 1. The summed E-state index contributed by atoms with van der Waals surface area (Å²) in [5, 5.41) is 0. The number of para-hydroxylation sites is 1. The molecule has 0 aliphatic carbocycles. The maximum Gasteiger partial charge on any atom is 0.149 e. The number of anilines is 1. The number of benzene rings is 1. The second-order valence-corrected chi connectivity index (χ2v) is 4.52. The highest BCUT2D eigenvalue weighted by atomic mass is 16.1. The fourth-order valence-corrected chi connectivity index (χ4v) is 2.32. The van der Waals surface area contributed by atoms with Crippen molar-refractivity contribution in [2.45, 2.75) is 20.3 Å². The molecule has 0 aromatic heterocycles. The van der Waals surface area contributed by atoms with Gasteiger partial charge in [0.1, 0.15) is 5.78 Å². The van der Waals surface area contributed by atoms with Crippen molar-refractivity contribution in [2.24, 2.45) is 5.92 Å². The highest BCUT2D eigenvalue weighted by Crippen LogP contribution is 2.28. The highest BCUT2D eigenvalue weighted by molar-refractivity contribution is 5.81. The molecule has 1 aromatic rings. The van der Waals surface area contributed by atoms with Gasteiger partial charge in [-0.05, 0) is 30.9 Å². The minimum atomic E-state index is 0.235. The van der Waals surface area contributed by atoms with Crippen LogP contribution in [0.15, 0.2) is 24.3 Å². The van der Waals surface area contributed by atoms with Crippen LogP contribution in [0.2, 0.25) is 0 Å². The van der Waals surface area contributed by atoms with Crippen molar-refractivity contribution in [2.75, 3.05) is 18.0 Å². The molecule has 1 atom stereocenters. The molecule has 1 heterocycles. The average Bonchev–Trinajstić information content (AvgIpc) is 2.16. The molecule has 0 radical (unpaired) electrons. The van der Waals surface area contributed by atoms with Gasteiger partial charge in [-0.25, -0.2) is 0 Å². The molecule has 1 aromatic carbocycles. The quantitative estimate of drug-likeness (QED) is 0.735. The maximum atomic E-state index is 11.2. The largest absolute Gasteiger partial charge is 0.364 e. The van der Waals surface area contributed by atoms with Crippen LogP contribution in [-0.2, 0) is 11.2 Å². The molecule has 2 nitrogen and oxygen atoms in total. The zero-order valence-electron chi connectivity index (χ0n) is 9.36. The van der Waals surface area contributed by atoms with E-state index in [-0.39, 0.29) is 5.78 Å². The molecular weight excluding hydrogens is 186 g/mol. The van der Waals surface area contributed by atoms with E-state index >= 15 is 0 Å². The predicted molar refractivity (Wildman–Crippen MR) is 62.2 cm³/mol. The molecule has 1 aliphatic heterocycles. The summed E-state index contributed by atoms with van der Waals surface area (Å²) in [5.74, 6) is 0.873. The standard InChI is InChI=1S/C13H17NO/c1-10-7-12-5-3-4-6-13(12)14(8-10)9-11(2)15/h3-6,10H,7-9H2,1-2H3. The minimum absolute atomic E-state index is 0.235. The number of carbonyl (C=O) groups excluding carboxylic acids is 1. The van der Waals surface area contributed by atoms with Gasteiger partial charge in [-0.2, -0.15) is 0 Å². The van der Waals surface area contributed by atoms with Gasteiger partial charge >= 0.3 is 0 Å². The first-order valence-corrected chi connectivity index (χ1v) is 5.49. The third-order valence-corrected chi connectivity index (χ3v) is 2.85. The Bertz CT molecular complexity index is 373. The van der Waals surface area contributed by atoms with E-state index in [1.165, 1.54) is 11.3 Å². The Labute approximate surface area is 90.9 Å². The van der Waals surface area contributed by atoms with Crippen molar-refractivity contribution in [3.63, 3.8) is 0 Å². The summed E-state index contributed by atoms with van der Waals surface area (Å²) in [6, 6.07) is 8.40. The first-order valence-electron chi connectivity index (χ1n) is 5.49. The lowest BCUT2D eigenvalue weighted by atomic mass is 9.94. The fourth-order valence-electron chi connectivity index (χ4n) is 2.32. The van der Waals surface area contributed by atoms with Crippen LogP contribution in [0.5, 0.6) is 0 Å². The van der Waals surface area contributed by atoms with Crippen LogP contribution in [0.25, 0.3) is 0 Å². The number of rotatable bonds is 2. The van der Waals surface area contributed by atoms with Gasteiger partial charge in [0.2, 0.25) is 0 Å². The number of carbonyl (C=O) groups is 1. The van der Waals surface area contributed by atoms with Crippen molar-refractivity contribution in [1.29, 1.82) is 0 Å². The summed E-state index contributed by atoms with van der Waals surface area (Å²) in [4.78, 5) is 13.4. The molecule has 2 heteroatoms. The zero-order chi connectivity index (χ0) is 10.8. The highest BCUT2D eigenvalue weighted by Gasteiger charge is 2.21. The first kappa shape index (κ1) is 10.2. The Hall–Kier alpha value is -1.31. The van der Waals surface area contributed by atoms with Crippen molar-refractivity contribution in [3.8, 4) is 0 Å². The van der Waals surface area contributed by atoms with Gasteiger partial charge in [-0.3, -0.25) is 4.79 Å². The van der Waals surface area contributed by atoms with Crippen LogP contribution in [0.1, 0.15) is 19.4 Å². The summed E-state index contributed by atoms with van der Waals surface area (Å²) in [5.41, 5.74) is 2.61. The van der Waals surface area contributed by atoms with E-state index < -0.39 is 0 Å². The van der Waals surface area contributed by atoms with Crippen LogP contribution in [0.4, 0.5) is 5.69 Å². The third-order valence-electron chi connectivity index (χ3n) is 2.85. The maximum absolute atomic E-state index is 11.2. The van der Waals surface area contributed by atoms with E-state index in [9.17, 15) is 4.79 Å². The SMILES string of the molecule is CC(=O)CN1CC(C)Cc2ccccc21. The molecule has 1 unspecified atom stereocenters. The summed E-state index contributed by atoms with van der Waals surface area (Å²) in [6.45, 7) is 5.43. The first-order chi connectivity index (χ1) is 7.16. The van der Waals surface area contributed by atoms with E-state index in [1.807, 2.05) is 6.07 Å². The number of hydrogen-bond donors (Lipinski definition) is 0. The smallest absolute Gasteiger partial charge is 0.149 e. The van der Waals surface area contributed by atoms with E-state index in [4.69, 9.17) is 0 Å². The molecule has 1 aliphatic rings. The minimum Gasteiger partial charge on any atom is -0.364 e.